The molecule has 1 unspecified atom stereocenters. The molecule has 0 aliphatic carbocycles. The molecule has 0 bridgehead atoms. The van der Waals surface area contributed by atoms with E-state index in [4.69, 9.17) is 5.73 Å². The van der Waals surface area contributed by atoms with Gasteiger partial charge in [0.15, 0.2) is 0 Å². The predicted molar refractivity (Wildman–Crippen MR) is 62.3 cm³/mol. The molecular weight excluding hydrogens is 172 g/mol. The van der Waals surface area contributed by atoms with Gasteiger partial charge in [-0.1, -0.05) is 13.3 Å². The molecule has 2 heteroatoms. The average molecular weight is 198 g/mol. The van der Waals surface area contributed by atoms with Crippen molar-refractivity contribution in [3.8, 4) is 0 Å². The maximum Gasteiger partial charge on any atom is 0.0153 e. The molecule has 2 nitrogen and oxygen atoms in total. The molecule has 1 rings (SSSR count). The molecule has 0 saturated carbocycles. The lowest BCUT2D eigenvalue weighted by Gasteiger charge is -2.32. The van der Waals surface area contributed by atoms with E-state index in [0.717, 1.165) is 12.5 Å². The van der Waals surface area contributed by atoms with Gasteiger partial charge in [-0.3, -0.25) is 4.90 Å². The summed E-state index contributed by atoms with van der Waals surface area (Å²) in [5.74, 6) is 0.728. The van der Waals surface area contributed by atoms with Gasteiger partial charge in [-0.25, -0.2) is 0 Å². The van der Waals surface area contributed by atoms with E-state index in [-0.39, 0.29) is 0 Å². The Morgan fingerprint density at radius 3 is 2.57 bits per heavy atom. The van der Waals surface area contributed by atoms with E-state index in [2.05, 4.69) is 25.7 Å². The molecule has 1 heterocycles. The van der Waals surface area contributed by atoms with Gasteiger partial charge in [-0.05, 0) is 58.7 Å². The fraction of sp³-hybridized carbons (Fsp3) is 1.00. The van der Waals surface area contributed by atoms with Crippen molar-refractivity contribution in [2.45, 2.75) is 52.0 Å². The van der Waals surface area contributed by atoms with E-state index in [0.29, 0.717) is 5.54 Å². The van der Waals surface area contributed by atoms with Gasteiger partial charge in [-0.2, -0.15) is 0 Å². The third-order valence-electron chi connectivity index (χ3n) is 3.79. The first kappa shape index (κ1) is 12.0. The number of hydrogen-bond donors (Lipinski definition) is 1. The van der Waals surface area contributed by atoms with E-state index < -0.39 is 0 Å². The van der Waals surface area contributed by atoms with Crippen LogP contribution >= 0.6 is 0 Å². The van der Waals surface area contributed by atoms with Gasteiger partial charge >= 0.3 is 0 Å². The van der Waals surface area contributed by atoms with Gasteiger partial charge in [0.2, 0.25) is 0 Å². The van der Waals surface area contributed by atoms with Crippen molar-refractivity contribution in [3.05, 3.63) is 0 Å². The standard InChI is InChI=1S/C12H26N2/c1-4-11(10-13)6-9-14-8-5-7-12(14,2)3/h11H,4-10,13H2,1-3H3. The second kappa shape index (κ2) is 5.13. The van der Waals surface area contributed by atoms with Crippen LogP contribution in [0.5, 0.6) is 0 Å². The summed E-state index contributed by atoms with van der Waals surface area (Å²) < 4.78 is 0. The Kier molecular flexibility index (Phi) is 4.39. The normalized spacial score (nSPS) is 24.0. The van der Waals surface area contributed by atoms with E-state index in [1.807, 2.05) is 0 Å². The lowest BCUT2D eigenvalue weighted by molar-refractivity contribution is 0.163. The van der Waals surface area contributed by atoms with Gasteiger partial charge in [0.05, 0.1) is 0 Å². The number of nitrogens with two attached hydrogens (primary N) is 1. The molecule has 1 aliphatic rings. The maximum atomic E-state index is 5.72. The Morgan fingerprint density at radius 1 is 1.43 bits per heavy atom. The number of rotatable bonds is 5. The average Bonchev–Trinajstić information content (AvgIpc) is 2.47. The predicted octanol–water partition coefficient (Wildman–Crippen LogP) is 2.24. The Hall–Kier alpha value is -0.0800. The van der Waals surface area contributed by atoms with Crippen LogP contribution in [0.3, 0.4) is 0 Å². The lowest BCUT2D eigenvalue weighted by atomic mass is 9.99. The SMILES string of the molecule is CCC(CN)CCN1CCCC1(C)C. The van der Waals surface area contributed by atoms with Crippen LogP contribution in [0.15, 0.2) is 0 Å². The molecular formula is C12H26N2. The monoisotopic (exact) mass is 198 g/mol. The number of likely N-dealkylation sites (tertiary alicyclic amines) is 1. The van der Waals surface area contributed by atoms with Crippen molar-refractivity contribution in [3.63, 3.8) is 0 Å². The fourth-order valence-corrected chi connectivity index (χ4v) is 2.40. The highest BCUT2D eigenvalue weighted by atomic mass is 15.2. The topological polar surface area (TPSA) is 29.3 Å². The first-order chi connectivity index (χ1) is 6.60. The van der Waals surface area contributed by atoms with E-state index in [1.165, 1.54) is 38.8 Å². The maximum absolute atomic E-state index is 5.72. The van der Waals surface area contributed by atoms with Gasteiger partial charge in [-0.15, -0.1) is 0 Å². The van der Waals surface area contributed by atoms with Gasteiger partial charge in [0, 0.05) is 5.54 Å². The minimum absolute atomic E-state index is 0.437. The van der Waals surface area contributed by atoms with Gasteiger partial charge in [0.25, 0.3) is 0 Å². The number of hydrogen-bond acceptors (Lipinski definition) is 2. The van der Waals surface area contributed by atoms with E-state index >= 15 is 0 Å². The minimum Gasteiger partial charge on any atom is -0.330 e. The highest BCUT2D eigenvalue weighted by Crippen LogP contribution is 2.28. The van der Waals surface area contributed by atoms with Crippen molar-refractivity contribution in [2.75, 3.05) is 19.6 Å². The van der Waals surface area contributed by atoms with Crippen LogP contribution in [-0.2, 0) is 0 Å². The molecule has 0 aromatic carbocycles. The van der Waals surface area contributed by atoms with E-state index in [9.17, 15) is 0 Å². The zero-order chi connectivity index (χ0) is 10.6. The summed E-state index contributed by atoms with van der Waals surface area (Å²) in [7, 11) is 0. The summed E-state index contributed by atoms with van der Waals surface area (Å²) >= 11 is 0. The zero-order valence-electron chi connectivity index (χ0n) is 10.1. The molecule has 0 aromatic heterocycles. The van der Waals surface area contributed by atoms with Crippen molar-refractivity contribution in [1.29, 1.82) is 0 Å². The lowest BCUT2D eigenvalue weighted by Crippen LogP contribution is -2.39. The van der Waals surface area contributed by atoms with Crippen LogP contribution in [0.25, 0.3) is 0 Å². The van der Waals surface area contributed by atoms with Crippen LogP contribution in [-0.4, -0.2) is 30.1 Å². The van der Waals surface area contributed by atoms with Crippen LogP contribution in [0, 0.1) is 5.92 Å². The highest BCUT2D eigenvalue weighted by Gasteiger charge is 2.31. The summed E-state index contributed by atoms with van der Waals surface area (Å²) in [6.45, 7) is 10.3. The molecule has 2 N–H and O–H groups in total. The first-order valence-electron chi connectivity index (χ1n) is 6.05. The van der Waals surface area contributed by atoms with Gasteiger partial charge in [0.1, 0.15) is 0 Å². The molecule has 0 amide bonds. The first-order valence-corrected chi connectivity index (χ1v) is 6.05. The highest BCUT2D eigenvalue weighted by molar-refractivity contribution is 4.87. The Bertz CT molecular complexity index is 162. The number of nitrogens with zero attached hydrogens (tertiary/aromatic N) is 1. The Labute approximate surface area is 88.8 Å². The Balaban J connectivity index is 2.30. The molecule has 1 aliphatic heterocycles. The molecule has 0 radical (unpaired) electrons. The Morgan fingerprint density at radius 2 is 2.14 bits per heavy atom. The van der Waals surface area contributed by atoms with Crippen molar-refractivity contribution < 1.29 is 0 Å². The van der Waals surface area contributed by atoms with Crippen molar-refractivity contribution in [2.24, 2.45) is 11.7 Å². The third-order valence-corrected chi connectivity index (χ3v) is 3.79. The smallest absolute Gasteiger partial charge is 0.0153 e. The minimum atomic E-state index is 0.437. The second-order valence-corrected chi connectivity index (χ2v) is 5.20. The summed E-state index contributed by atoms with van der Waals surface area (Å²) in [6.07, 6.45) is 5.22. The van der Waals surface area contributed by atoms with Crippen molar-refractivity contribution >= 4 is 0 Å². The molecule has 1 atom stereocenters. The summed E-state index contributed by atoms with van der Waals surface area (Å²) in [6, 6.07) is 0. The molecule has 1 fully saturated rings. The van der Waals surface area contributed by atoms with Crippen LogP contribution in [0.1, 0.15) is 46.5 Å². The van der Waals surface area contributed by atoms with E-state index in [1.54, 1.807) is 0 Å². The zero-order valence-corrected chi connectivity index (χ0v) is 10.1. The summed E-state index contributed by atoms with van der Waals surface area (Å²) in [4.78, 5) is 2.63. The summed E-state index contributed by atoms with van der Waals surface area (Å²) in [5, 5.41) is 0. The molecule has 1 saturated heterocycles. The molecule has 14 heavy (non-hydrogen) atoms. The fourth-order valence-electron chi connectivity index (χ4n) is 2.40. The van der Waals surface area contributed by atoms with Gasteiger partial charge < -0.3 is 5.73 Å². The quantitative estimate of drug-likeness (QED) is 0.734. The second-order valence-electron chi connectivity index (χ2n) is 5.20. The van der Waals surface area contributed by atoms with Crippen LogP contribution < -0.4 is 5.73 Å². The molecule has 0 spiro atoms. The molecule has 0 aromatic rings. The largest absolute Gasteiger partial charge is 0.330 e. The summed E-state index contributed by atoms with van der Waals surface area (Å²) in [5.41, 5.74) is 6.15. The van der Waals surface area contributed by atoms with Crippen molar-refractivity contribution in [1.82, 2.24) is 4.90 Å². The van der Waals surface area contributed by atoms with Crippen LogP contribution in [0.2, 0.25) is 0 Å². The third kappa shape index (κ3) is 2.96. The van der Waals surface area contributed by atoms with Crippen LogP contribution in [0.4, 0.5) is 0 Å². The molecule has 84 valence electrons.